The molecule has 1 aromatic carbocycles. The second kappa shape index (κ2) is 3.13. The molecule has 2 atom stereocenters. The molecule has 1 aliphatic carbocycles. The van der Waals surface area contributed by atoms with Crippen molar-refractivity contribution in [2.75, 3.05) is 0 Å². The Labute approximate surface area is 85.4 Å². The van der Waals surface area contributed by atoms with Crippen LogP contribution in [0.25, 0.3) is 0 Å². The Hall–Kier alpha value is -1.29. The van der Waals surface area contributed by atoms with Gasteiger partial charge in [-0.2, -0.15) is 5.26 Å². The monoisotopic (exact) mass is 185 g/mol. The first kappa shape index (κ1) is 9.27. The summed E-state index contributed by atoms with van der Waals surface area (Å²) in [5.74, 6) is 0.583. The lowest BCUT2D eigenvalue weighted by atomic mass is 9.75. The molecule has 72 valence electrons. The maximum atomic E-state index is 8.89. The lowest BCUT2D eigenvalue weighted by Crippen LogP contribution is -2.25. The molecule has 0 aromatic heterocycles. The molecule has 0 aliphatic heterocycles. The van der Waals surface area contributed by atoms with Crippen molar-refractivity contribution in [2.45, 2.75) is 32.1 Å². The Morgan fingerprint density at radius 1 is 1.50 bits per heavy atom. The molecule has 0 amide bonds. The second-order valence-corrected chi connectivity index (χ2v) is 4.51. The van der Waals surface area contributed by atoms with Crippen molar-refractivity contribution in [3.63, 3.8) is 0 Å². The van der Waals surface area contributed by atoms with E-state index in [1.54, 1.807) is 0 Å². The van der Waals surface area contributed by atoms with Crippen LogP contribution in [-0.2, 0) is 11.8 Å². The van der Waals surface area contributed by atoms with E-state index in [1.165, 1.54) is 11.1 Å². The lowest BCUT2D eigenvalue weighted by molar-refractivity contribution is 0.352. The van der Waals surface area contributed by atoms with Crippen LogP contribution < -0.4 is 0 Å². The summed E-state index contributed by atoms with van der Waals surface area (Å²) in [6, 6.07) is 10.9. The maximum Gasteiger partial charge on any atom is 0.0631 e. The fourth-order valence-corrected chi connectivity index (χ4v) is 2.51. The zero-order chi connectivity index (χ0) is 10.2. The van der Waals surface area contributed by atoms with Crippen LogP contribution in [0.5, 0.6) is 0 Å². The summed E-state index contributed by atoms with van der Waals surface area (Å²) >= 11 is 0. The third-order valence-corrected chi connectivity index (χ3v) is 3.69. The lowest BCUT2D eigenvalue weighted by Gasteiger charge is -2.27. The van der Waals surface area contributed by atoms with Crippen molar-refractivity contribution in [2.24, 2.45) is 5.92 Å². The Morgan fingerprint density at radius 3 is 2.93 bits per heavy atom. The minimum absolute atomic E-state index is 0.0747. The standard InChI is InChI=1S/C13H15N/c1-10-9-11-5-3-4-6-12(11)13(10,2)7-8-14/h3-6,10H,7,9H2,1-2H3. The number of hydrogen-bond acceptors (Lipinski definition) is 1. The summed E-state index contributed by atoms with van der Waals surface area (Å²) in [4.78, 5) is 0. The zero-order valence-electron chi connectivity index (χ0n) is 8.75. The second-order valence-electron chi connectivity index (χ2n) is 4.51. The van der Waals surface area contributed by atoms with Crippen molar-refractivity contribution >= 4 is 0 Å². The minimum atomic E-state index is 0.0747. The molecule has 0 heterocycles. The molecule has 0 saturated heterocycles. The van der Waals surface area contributed by atoms with Gasteiger partial charge in [-0.3, -0.25) is 0 Å². The van der Waals surface area contributed by atoms with Crippen LogP contribution >= 0.6 is 0 Å². The topological polar surface area (TPSA) is 23.8 Å². The fraction of sp³-hybridized carbons (Fsp3) is 0.462. The van der Waals surface area contributed by atoms with Gasteiger partial charge in [0.05, 0.1) is 6.07 Å². The molecule has 0 saturated carbocycles. The molecule has 0 fully saturated rings. The van der Waals surface area contributed by atoms with Gasteiger partial charge in [-0.05, 0) is 23.5 Å². The van der Waals surface area contributed by atoms with Crippen LogP contribution in [-0.4, -0.2) is 0 Å². The summed E-state index contributed by atoms with van der Waals surface area (Å²) in [6.07, 6.45) is 1.75. The number of nitriles is 1. The molecule has 1 heteroatoms. The van der Waals surface area contributed by atoms with E-state index in [0.29, 0.717) is 12.3 Å². The molecule has 1 nitrogen and oxygen atoms in total. The van der Waals surface area contributed by atoms with E-state index in [-0.39, 0.29) is 5.41 Å². The quantitative estimate of drug-likeness (QED) is 0.659. The highest BCUT2D eigenvalue weighted by molar-refractivity contribution is 5.40. The number of hydrogen-bond donors (Lipinski definition) is 0. The Balaban J connectivity index is 2.50. The van der Waals surface area contributed by atoms with E-state index < -0.39 is 0 Å². The zero-order valence-corrected chi connectivity index (χ0v) is 8.75. The summed E-state index contributed by atoms with van der Waals surface area (Å²) in [7, 11) is 0. The highest BCUT2D eigenvalue weighted by atomic mass is 14.4. The first-order chi connectivity index (χ1) is 6.68. The van der Waals surface area contributed by atoms with Crippen LogP contribution in [0.1, 0.15) is 31.4 Å². The highest BCUT2D eigenvalue weighted by Crippen LogP contribution is 2.44. The van der Waals surface area contributed by atoms with E-state index in [1.807, 2.05) is 0 Å². The molecule has 2 rings (SSSR count). The predicted molar refractivity (Wildman–Crippen MR) is 56.9 cm³/mol. The predicted octanol–water partition coefficient (Wildman–Crippen LogP) is 3.05. The van der Waals surface area contributed by atoms with Gasteiger partial charge in [0, 0.05) is 11.8 Å². The normalized spacial score (nSPS) is 29.6. The van der Waals surface area contributed by atoms with Gasteiger partial charge < -0.3 is 0 Å². The number of fused-ring (bicyclic) bond motifs is 1. The number of nitrogens with zero attached hydrogens (tertiary/aromatic N) is 1. The fourth-order valence-electron chi connectivity index (χ4n) is 2.51. The Morgan fingerprint density at radius 2 is 2.21 bits per heavy atom. The summed E-state index contributed by atoms with van der Waals surface area (Å²) in [5.41, 5.74) is 2.89. The smallest absolute Gasteiger partial charge is 0.0631 e. The molecule has 1 aliphatic rings. The number of rotatable bonds is 1. The van der Waals surface area contributed by atoms with Crippen molar-refractivity contribution in [3.8, 4) is 6.07 Å². The molecule has 14 heavy (non-hydrogen) atoms. The van der Waals surface area contributed by atoms with Crippen LogP contribution in [0.4, 0.5) is 0 Å². The van der Waals surface area contributed by atoms with Gasteiger partial charge in [-0.25, -0.2) is 0 Å². The molecule has 0 radical (unpaired) electrons. The van der Waals surface area contributed by atoms with E-state index in [9.17, 15) is 0 Å². The summed E-state index contributed by atoms with van der Waals surface area (Å²) < 4.78 is 0. The molecule has 1 aromatic rings. The highest BCUT2D eigenvalue weighted by Gasteiger charge is 2.39. The molecule has 0 N–H and O–H groups in total. The van der Waals surface area contributed by atoms with E-state index >= 15 is 0 Å². The Bertz CT molecular complexity index is 388. The van der Waals surface area contributed by atoms with Crippen LogP contribution in [0, 0.1) is 17.2 Å². The largest absolute Gasteiger partial charge is 0.198 e. The first-order valence-electron chi connectivity index (χ1n) is 5.14. The van der Waals surface area contributed by atoms with E-state index in [4.69, 9.17) is 5.26 Å². The molecule has 0 spiro atoms. The van der Waals surface area contributed by atoms with Gasteiger partial charge in [0.2, 0.25) is 0 Å². The number of benzene rings is 1. The van der Waals surface area contributed by atoms with Gasteiger partial charge in [0.1, 0.15) is 0 Å². The van der Waals surface area contributed by atoms with Gasteiger partial charge in [-0.1, -0.05) is 38.1 Å². The van der Waals surface area contributed by atoms with Crippen molar-refractivity contribution < 1.29 is 0 Å². The average molecular weight is 185 g/mol. The minimum Gasteiger partial charge on any atom is -0.198 e. The van der Waals surface area contributed by atoms with Gasteiger partial charge >= 0.3 is 0 Å². The summed E-state index contributed by atoms with van der Waals surface area (Å²) in [6.45, 7) is 4.46. The van der Waals surface area contributed by atoms with Crippen molar-refractivity contribution in [1.82, 2.24) is 0 Å². The molecule has 2 unspecified atom stereocenters. The maximum absolute atomic E-state index is 8.89. The Kier molecular flexibility index (Phi) is 2.07. The van der Waals surface area contributed by atoms with Gasteiger partial charge in [0.15, 0.2) is 0 Å². The van der Waals surface area contributed by atoms with Crippen molar-refractivity contribution in [3.05, 3.63) is 35.4 Å². The average Bonchev–Trinajstić information content (AvgIpc) is 2.41. The third-order valence-electron chi connectivity index (χ3n) is 3.69. The molecular formula is C13H15N. The van der Waals surface area contributed by atoms with Crippen LogP contribution in [0.3, 0.4) is 0 Å². The van der Waals surface area contributed by atoms with Gasteiger partial charge in [0.25, 0.3) is 0 Å². The third kappa shape index (κ3) is 1.14. The molecule has 0 bridgehead atoms. The SMILES string of the molecule is CC1Cc2ccccc2C1(C)CC#N. The molecular weight excluding hydrogens is 170 g/mol. The van der Waals surface area contributed by atoms with Gasteiger partial charge in [-0.15, -0.1) is 0 Å². The van der Waals surface area contributed by atoms with Crippen LogP contribution in [0.2, 0.25) is 0 Å². The first-order valence-corrected chi connectivity index (χ1v) is 5.14. The van der Waals surface area contributed by atoms with E-state index in [2.05, 4.69) is 44.2 Å². The van der Waals surface area contributed by atoms with Crippen molar-refractivity contribution in [1.29, 1.82) is 5.26 Å². The summed E-state index contributed by atoms with van der Waals surface area (Å²) in [5, 5.41) is 8.89. The van der Waals surface area contributed by atoms with E-state index in [0.717, 1.165) is 6.42 Å². The van der Waals surface area contributed by atoms with Crippen LogP contribution in [0.15, 0.2) is 24.3 Å².